The third kappa shape index (κ3) is 4.12. The Labute approximate surface area is 167 Å². The predicted molar refractivity (Wildman–Crippen MR) is 108 cm³/mol. The van der Waals surface area contributed by atoms with E-state index in [-0.39, 0.29) is 17.9 Å². The summed E-state index contributed by atoms with van der Waals surface area (Å²) in [7, 11) is 0. The molecule has 1 N–H and O–H groups in total. The predicted octanol–water partition coefficient (Wildman–Crippen LogP) is 2.60. The maximum Gasteiger partial charge on any atom is 0.285 e. The first-order valence-corrected chi connectivity index (χ1v) is 8.89. The summed E-state index contributed by atoms with van der Waals surface area (Å²) in [6, 6.07) is 17.2. The number of carbonyl (C=O) groups is 2. The van der Waals surface area contributed by atoms with Crippen LogP contribution in [0.3, 0.4) is 0 Å². The standard InChI is InChI=1S/C22H18N4O3/c1-14-15(2)25-26(22(29)18(14)12-23)13-20(27)24-19-11-7-6-10-17(19)21(28)16-8-4-3-5-9-16/h3-11H,13H2,1-2H3,(H,24,27). The number of ketones is 1. The van der Waals surface area contributed by atoms with Crippen molar-refractivity contribution in [3.05, 3.63) is 92.9 Å². The molecule has 0 radical (unpaired) electrons. The summed E-state index contributed by atoms with van der Waals surface area (Å²) in [4.78, 5) is 37.7. The topological polar surface area (TPSA) is 105 Å². The van der Waals surface area contributed by atoms with Crippen LogP contribution >= 0.6 is 0 Å². The number of aromatic nitrogens is 2. The summed E-state index contributed by atoms with van der Waals surface area (Å²) in [5.41, 5.74) is 1.50. The van der Waals surface area contributed by atoms with Crippen LogP contribution < -0.4 is 10.9 Å². The number of rotatable bonds is 5. The van der Waals surface area contributed by atoms with Gasteiger partial charge >= 0.3 is 0 Å². The SMILES string of the molecule is Cc1nn(CC(=O)Nc2ccccc2C(=O)c2ccccc2)c(=O)c(C#N)c1C. The first-order chi connectivity index (χ1) is 13.9. The first kappa shape index (κ1) is 19.7. The molecule has 7 heteroatoms. The minimum Gasteiger partial charge on any atom is -0.324 e. The zero-order valence-electron chi connectivity index (χ0n) is 16.0. The number of hydrogen-bond donors (Lipinski definition) is 1. The largest absolute Gasteiger partial charge is 0.324 e. The molecule has 0 atom stereocenters. The van der Waals surface area contributed by atoms with Gasteiger partial charge in [-0.1, -0.05) is 42.5 Å². The Balaban J connectivity index is 1.87. The Morgan fingerprint density at radius 2 is 1.72 bits per heavy atom. The van der Waals surface area contributed by atoms with E-state index in [1.165, 1.54) is 0 Å². The number of nitrogens with one attached hydrogen (secondary N) is 1. The van der Waals surface area contributed by atoms with Crippen molar-refractivity contribution in [2.75, 3.05) is 5.32 Å². The zero-order valence-corrected chi connectivity index (χ0v) is 16.0. The van der Waals surface area contributed by atoms with Gasteiger partial charge < -0.3 is 5.32 Å². The number of aryl methyl sites for hydroxylation is 1. The summed E-state index contributed by atoms with van der Waals surface area (Å²) < 4.78 is 0.956. The lowest BCUT2D eigenvalue weighted by Gasteiger charge is -2.12. The second-order valence-electron chi connectivity index (χ2n) is 6.45. The Bertz CT molecular complexity index is 1190. The fourth-order valence-corrected chi connectivity index (χ4v) is 2.87. The highest BCUT2D eigenvalue weighted by Gasteiger charge is 2.17. The summed E-state index contributed by atoms with van der Waals surface area (Å²) in [5, 5.41) is 16.0. The van der Waals surface area contributed by atoms with E-state index in [4.69, 9.17) is 0 Å². The molecule has 3 rings (SSSR count). The molecule has 0 aliphatic heterocycles. The quantitative estimate of drug-likeness (QED) is 0.679. The molecule has 0 unspecified atom stereocenters. The minimum absolute atomic E-state index is 0.0371. The molecule has 1 aromatic heterocycles. The summed E-state index contributed by atoms with van der Waals surface area (Å²) in [6.07, 6.45) is 0. The highest BCUT2D eigenvalue weighted by Crippen LogP contribution is 2.19. The number of para-hydroxylation sites is 1. The lowest BCUT2D eigenvalue weighted by Crippen LogP contribution is -2.32. The molecule has 0 saturated heterocycles. The van der Waals surface area contributed by atoms with Gasteiger partial charge in [0.25, 0.3) is 5.56 Å². The van der Waals surface area contributed by atoms with Gasteiger partial charge in [0.1, 0.15) is 18.2 Å². The third-order valence-electron chi connectivity index (χ3n) is 4.52. The van der Waals surface area contributed by atoms with Crippen molar-refractivity contribution in [2.45, 2.75) is 20.4 Å². The van der Waals surface area contributed by atoms with Gasteiger partial charge in [-0.05, 0) is 31.5 Å². The van der Waals surface area contributed by atoms with E-state index >= 15 is 0 Å². The van der Waals surface area contributed by atoms with Crippen LogP contribution in [0.25, 0.3) is 0 Å². The van der Waals surface area contributed by atoms with Crippen LogP contribution in [0.2, 0.25) is 0 Å². The number of carbonyl (C=O) groups excluding carboxylic acids is 2. The van der Waals surface area contributed by atoms with Gasteiger partial charge in [-0.3, -0.25) is 14.4 Å². The molecule has 0 spiro atoms. The van der Waals surface area contributed by atoms with Crippen molar-refractivity contribution < 1.29 is 9.59 Å². The van der Waals surface area contributed by atoms with Crippen LogP contribution in [0.15, 0.2) is 59.4 Å². The molecule has 0 saturated carbocycles. The number of nitrogens with zero attached hydrogens (tertiary/aromatic N) is 3. The van der Waals surface area contributed by atoms with E-state index in [0.717, 1.165) is 4.68 Å². The number of hydrogen-bond acceptors (Lipinski definition) is 5. The Morgan fingerprint density at radius 3 is 2.41 bits per heavy atom. The van der Waals surface area contributed by atoms with Gasteiger partial charge in [0.05, 0.1) is 11.4 Å². The van der Waals surface area contributed by atoms with Gasteiger partial charge in [0.15, 0.2) is 5.78 Å². The van der Waals surface area contributed by atoms with Crippen molar-refractivity contribution in [1.29, 1.82) is 5.26 Å². The van der Waals surface area contributed by atoms with Crippen LogP contribution in [0.5, 0.6) is 0 Å². The smallest absolute Gasteiger partial charge is 0.285 e. The zero-order chi connectivity index (χ0) is 21.0. The molecule has 7 nitrogen and oxygen atoms in total. The van der Waals surface area contributed by atoms with Gasteiger partial charge in [-0.15, -0.1) is 0 Å². The lowest BCUT2D eigenvalue weighted by atomic mass is 10.0. The van der Waals surface area contributed by atoms with Crippen molar-refractivity contribution in [2.24, 2.45) is 0 Å². The minimum atomic E-state index is -0.626. The Morgan fingerprint density at radius 1 is 1.07 bits per heavy atom. The van der Waals surface area contributed by atoms with Crippen molar-refractivity contribution in [3.8, 4) is 6.07 Å². The van der Waals surface area contributed by atoms with Gasteiger partial charge in [-0.25, -0.2) is 4.68 Å². The molecule has 29 heavy (non-hydrogen) atoms. The van der Waals surface area contributed by atoms with Crippen LogP contribution in [0.1, 0.15) is 32.7 Å². The molecule has 1 heterocycles. The highest BCUT2D eigenvalue weighted by molar-refractivity contribution is 6.13. The van der Waals surface area contributed by atoms with Crippen LogP contribution in [-0.4, -0.2) is 21.5 Å². The summed E-state index contributed by atoms with van der Waals surface area (Å²) >= 11 is 0. The maximum absolute atomic E-state index is 12.8. The normalized spacial score (nSPS) is 10.2. The molecular formula is C22H18N4O3. The molecule has 0 fully saturated rings. The number of benzene rings is 2. The molecular weight excluding hydrogens is 368 g/mol. The fraction of sp³-hybridized carbons (Fsp3) is 0.136. The molecule has 2 aromatic carbocycles. The highest BCUT2D eigenvalue weighted by atomic mass is 16.2. The number of anilines is 1. The monoisotopic (exact) mass is 386 g/mol. The fourth-order valence-electron chi connectivity index (χ4n) is 2.87. The van der Waals surface area contributed by atoms with E-state index in [1.54, 1.807) is 62.4 Å². The molecule has 3 aromatic rings. The van der Waals surface area contributed by atoms with Gasteiger partial charge in [0, 0.05) is 11.1 Å². The molecule has 0 bridgehead atoms. The average Bonchev–Trinajstić information content (AvgIpc) is 2.73. The second kappa shape index (κ2) is 8.31. The lowest BCUT2D eigenvalue weighted by molar-refractivity contribution is -0.117. The van der Waals surface area contributed by atoms with Crippen LogP contribution in [0, 0.1) is 25.2 Å². The number of nitriles is 1. The van der Waals surface area contributed by atoms with Gasteiger partial charge in [-0.2, -0.15) is 10.4 Å². The van der Waals surface area contributed by atoms with Crippen molar-refractivity contribution in [3.63, 3.8) is 0 Å². The van der Waals surface area contributed by atoms with Crippen LogP contribution in [-0.2, 0) is 11.3 Å². The maximum atomic E-state index is 12.8. The molecule has 0 aliphatic carbocycles. The summed E-state index contributed by atoms with van der Waals surface area (Å²) in [5.74, 6) is -0.755. The Hall–Kier alpha value is -4.05. The Kier molecular flexibility index (Phi) is 5.65. The van der Waals surface area contributed by atoms with Crippen molar-refractivity contribution >= 4 is 17.4 Å². The van der Waals surface area contributed by atoms with E-state index in [2.05, 4.69) is 10.4 Å². The third-order valence-corrected chi connectivity index (χ3v) is 4.52. The second-order valence-corrected chi connectivity index (χ2v) is 6.45. The number of amides is 1. The van der Waals surface area contributed by atoms with E-state index < -0.39 is 11.5 Å². The molecule has 1 amide bonds. The molecule has 0 aliphatic rings. The van der Waals surface area contributed by atoms with E-state index in [0.29, 0.717) is 28.1 Å². The first-order valence-electron chi connectivity index (χ1n) is 8.89. The molecule has 144 valence electrons. The van der Waals surface area contributed by atoms with E-state index in [9.17, 15) is 19.6 Å². The van der Waals surface area contributed by atoms with Crippen LogP contribution in [0.4, 0.5) is 5.69 Å². The van der Waals surface area contributed by atoms with Gasteiger partial charge in [0.2, 0.25) is 5.91 Å². The summed E-state index contributed by atoms with van der Waals surface area (Å²) in [6.45, 7) is 2.93. The van der Waals surface area contributed by atoms with Crippen molar-refractivity contribution in [1.82, 2.24) is 9.78 Å². The average molecular weight is 386 g/mol. The van der Waals surface area contributed by atoms with E-state index in [1.807, 2.05) is 12.1 Å².